The maximum absolute atomic E-state index is 6.58. The third-order valence-corrected chi connectivity index (χ3v) is 16.7. The van der Waals surface area contributed by atoms with Gasteiger partial charge in [0.1, 0.15) is 6.17 Å². The van der Waals surface area contributed by atoms with Crippen molar-refractivity contribution < 1.29 is 0 Å². The largest absolute Gasteiger partial charge is 0.348 e. The average Bonchev–Trinajstić information content (AvgIpc) is 3.57. The highest BCUT2D eigenvalue weighted by atomic mass is 32.4. The minimum absolute atomic E-state index is 0.0536. The van der Waals surface area contributed by atoms with Crippen LogP contribution in [0.3, 0.4) is 0 Å². The minimum Gasteiger partial charge on any atom is -0.348 e. The Labute approximate surface area is 338 Å². The van der Waals surface area contributed by atoms with Crippen LogP contribution in [-0.2, 0) is 18.2 Å². The topological polar surface area (TPSA) is 19.4 Å². The molecule has 0 amide bonds. The second kappa shape index (κ2) is 13.4. The molecule has 2 aliphatic heterocycles. The van der Waals surface area contributed by atoms with Crippen LogP contribution < -0.4 is 25.8 Å². The summed E-state index contributed by atoms with van der Waals surface area (Å²) in [5.74, 6) is 0. The number of hydrogen-bond acceptors (Lipinski definition) is 4. The lowest BCUT2D eigenvalue weighted by Gasteiger charge is -2.38. The molecule has 0 spiro atoms. The summed E-state index contributed by atoms with van der Waals surface area (Å²) in [6, 6.07) is 65.9. The molecular formula is C52H38N3PS. The van der Waals surface area contributed by atoms with Crippen molar-refractivity contribution in [1.82, 2.24) is 4.98 Å². The maximum atomic E-state index is 6.58. The number of benzene rings is 8. The SMILES string of the molecule is CN1c2cc(Cc3ccc4ccccc4c3)ccc2N2c3c(ccc4cc(-c5ccc(P(=S)(c6ccccc6)c6ccccc6)nc5)ccc34)-c3ccccc3C12. The summed E-state index contributed by atoms with van der Waals surface area (Å²) in [5.41, 5.74) is 13.5. The number of pyridine rings is 1. The van der Waals surface area contributed by atoms with E-state index in [-0.39, 0.29) is 6.17 Å². The first-order valence-corrected chi connectivity index (χ1v) is 22.3. The zero-order valence-electron chi connectivity index (χ0n) is 31.5. The van der Waals surface area contributed by atoms with Gasteiger partial charge in [0.05, 0.1) is 28.5 Å². The molecule has 3 nitrogen and oxygen atoms in total. The van der Waals surface area contributed by atoms with Gasteiger partial charge in [-0.05, 0) is 79.7 Å². The van der Waals surface area contributed by atoms with Crippen LogP contribution in [0.25, 0.3) is 43.8 Å². The van der Waals surface area contributed by atoms with Crippen LogP contribution in [0.15, 0.2) is 194 Å². The molecule has 8 aromatic carbocycles. The van der Waals surface area contributed by atoms with Gasteiger partial charge in [-0.1, -0.05) is 176 Å². The van der Waals surface area contributed by atoms with E-state index in [0.29, 0.717) is 0 Å². The zero-order chi connectivity index (χ0) is 38.1. The highest BCUT2D eigenvalue weighted by molar-refractivity contribution is 8.25. The lowest BCUT2D eigenvalue weighted by Crippen LogP contribution is -2.33. The van der Waals surface area contributed by atoms with Gasteiger partial charge < -0.3 is 9.80 Å². The monoisotopic (exact) mass is 767 g/mol. The van der Waals surface area contributed by atoms with Gasteiger partial charge in [-0.15, -0.1) is 0 Å². The van der Waals surface area contributed by atoms with Gasteiger partial charge >= 0.3 is 0 Å². The summed E-state index contributed by atoms with van der Waals surface area (Å²) >= 11 is 6.58. The molecule has 0 saturated heterocycles. The van der Waals surface area contributed by atoms with Crippen LogP contribution in [0.1, 0.15) is 22.9 Å². The smallest absolute Gasteiger partial charge is 0.133 e. The van der Waals surface area contributed by atoms with Crippen LogP contribution in [0.2, 0.25) is 0 Å². The van der Waals surface area contributed by atoms with Crippen molar-refractivity contribution in [2.75, 3.05) is 16.8 Å². The minimum atomic E-state index is -2.33. The molecular weight excluding hydrogens is 730 g/mol. The summed E-state index contributed by atoms with van der Waals surface area (Å²) in [6.07, 6.45) is 2.95. The van der Waals surface area contributed by atoms with E-state index in [4.69, 9.17) is 16.8 Å². The van der Waals surface area contributed by atoms with Crippen molar-refractivity contribution in [3.05, 3.63) is 211 Å². The highest BCUT2D eigenvalue weighted by Crippen LogP contribution is 2.58. The Kier molecular flexibility index (Phi) is 8.00. The standard InChI is InChI=1S/C52H38N3PS/c1-54-49-32-36(30-35-20-22-37-12-8-9-13-38(37)31-35)21-28-48(49)55-51-44-26-23-39(33-40(44)24-27-46(51)45-18-10-11-19-47(45)52(54)55)41-25-29-50(53-34-41)56(57,42-14-4-2-5-15-42)43-16-6-3-7-17-43/h2-29,31-34,52H,30H2,1H3. The summed E-state index contributed by atoms with van der Waals surface area (Å²) in [5, 5.41) is 7.31. The lowest BCUT2D eigenvalue weighted by atomic mass is 9.88. The van der Waals surface area contributed by atoms with Crippen LogP contribution in [0.4, 0.5) is 17.1 Å². The Hall–Kier alpha value is -6.32. The molecule has 0 fully saturated rings. The van der Waals surface area contributed by atoms with Crippen molar-refractivity contribution in [2.45, 2.75) is 12.6 Å². The first kappa shape index (κ1) is 34.0. The van der Waals surface area contributed by atoms with Crippen LogP contribution >= 0.6 is 6.04 Å². The highest BCUT2D eigenvalue weighted by Gasteiger charge is 2.42. The van der Waals surface area contributed by atoms with Crippen LogP contribution in [0.5, 0.6) is 0 Å². The predicted octanol–water partition coefficient (Wildman–Crippen LogP) is 11.7. The molecule has 2 aliphatic rings. The van der Waals surface area contributed by atoms with Crippen LogP contribution in [0, 0.1) is 0 Å². The number of hydrogen-bond donors (Lipinski definition) is 0. The quantitative estimate of drug-likeness (QED) is 0.157. The van der Waals surface area contributed by atoms with E-state index < -0.39 is 6.04 Å². The van der Waals surface area contributed by atoms with E-state index in [1.165, 1.54) is 66.4 Å². The summed E-state index contributed by atoms with van der Waals surface area (Å²) < 4.78 is 0. The van der Waals surface area contributed by atoms with Crippen molar-refractivity contribution in [3.8, 4) is 22.3 Å². The number of rotatable bonds is 6. The molecule has 272 valence electrons. The fourth-order valence-corrected chi connectivity index (χ4v) is 12.7. The Morgan fingerprint density at radius 3 is 1.98 bits per heavy atom. The van der Waals surface area contributed by atoms with Crippen molar-refractivity contribution in [3.63, 3.8) is 0 Å². The van der Waals surface area contributed by atoms with Gasteiger partial charge in [0.25, 0.3) is 0 Å². The van der Waals surface area contributed by atoms with E-state index in [1.54, 1.807) is 0 Å². The summed E-state index contributed by atoms with van der Waals surface area (Å²) in [7, 11) is 2.25. The number of anilines is 3. The third kappa shape index (κ3) is 5.47. The first-order valence-electron chi connectivity index (χ1n) is 19.5. The average molecular weight is 768 g/mol. The van der Waals surface area contributed by atoms with E-state index >= 15 is 0 Å². The molecule has 0 N–H and O–H groups in total. The molecule has 5 heteroatoms. The van der Waals surface area contributed by atoms with Gasteiger partial charge in [0, 0.05) is 35.3 Å². The molecule has 9 aromatic rings. The number of aromatic nitrogens is 1. The van der Waals surface area contributed by atoms with E-state index in [1.807, 2.05) is 18.3 Å². The fourth-order valence-electron chi connectivity index (χ4n) is 9.15. The Morgan fingerprint density at radius 1 is 0.544 bits per heavy atom. The number of fused-ring (bicyclic) bond motifs is 11. The van der Waals surface area contributed by atoms with Crippen molar-refractivity contribution >= 4 is 72.5 Å². The van der Waals surface area contributed by atoms with E-state index in [0.717, 1.165) is 33.6 Å². The Balaban J connectivity index is 0.982. The zero-order valence-corrected chi connectivity index (χ0v) is 33.2. The first-order chi connectivity index (χ1) is 28.0. The Bertz CT molecular complexity index is 3010. The molecule has 0 aliphatic carbocycles. The van der Waals surface area contributed by atoms with E-state index in [2.05, 4.69) is 193 Å². The summed E-state index contributed by atoms with van der Waals surface area (Å²) in [6.45, 7) is 0. The summed E-state index contributed by atoms with van der Waals surface area (Å²) in [4.78, 5) is 10.2. The molecule has 0 saturated carbocycles. The Morgan fingerprint density at radius 2 is 1.21 bits per heavy atom. The van der Waals surface area contributed by atoms with Crippen molar-refractivity contribution in [1.29, 1.82) is 0 Å². The second-order valence-corrected chi connectivity index (χ2v) is 19.6. The van der Waals surface area contributed by atoms with Gasteiger partial charge in [-0.3, -0.25) is 4.98 Å². The van der Waals surface area contributed by atoms with Gasteiger partial charge in [-0.25, -0.2) is 0 Å². The number of nitrogens with zero attached hydrogens (tertiary/aromatic N) is 3. The molecule has 3 heterocycles. The molecule has 1 unspecified atom stereocenters. The van der Waals surface area contributed by atoms with Gasteiger partial charge in [-0.2, -0.15) is 0 Å². The fraction of sp³-hybridized carbons (Fsp3) is 0.0577. The maximum Gasteiger partial charge on any atom is 0.133 e. The van der Waals surface area contributed by atoms with Gasteiger partial charge in [0.2, 0.25) is 0 Å². The van der Waals surface area contributed by atoms with Gasteiger partial charge in [0.15, 0.2) is 0 Å². The molecule has 1 aromatic heterocycles. The third-order valence-electron chi connectivity index (χ3n) is 11.9. The lowest BCUT2D eigenvalue weighted by molar-refractivity contribution is 0.715. The molecule has 0 bridgehead atoms. The molecule has 57 heavy (non-hydrogen) atoms. The van der Waals surface area contributed by atoms with E-state index in [9.17, 15) is 0 Å². The predicted molar refractivity (Wildman–Crippen MR) is 245 cm³/mol. The molecule has 0 radical (unpaired) electrons. The normalized spacial score (nSPS) is 14.3. The molecule has 1 atom stereocenters. The molecule has 11 rings (SSSR count). The second-order valence-electron chi connectivity index (χ2n) is 15.2. The van der Waals surface area contributed by atoms with Crippen LogP contribution in [-0.4, -0.2) is 12.0 Å². The van der Waals surface area contributed by atoms with Crippen molar-refractivity contribution in [2.24, 2.45) is 0 Å².